The van der Waals surface area contributed by atoms with Crippen LogP contribution in [0.25, 0.3) is 0 Å². The van der Waals surface area contributed by atoms with Crippen molar-refractivity contribution in [3.63, 3.8) is 0 Å². The number of benzene rings is 1. The van der Waals surface area contributed by atoms with Crippen LogP contribution in [0.3, 0.4) is 0 Å². The standard InChI is InChI=1S/C13H16FN3O3/c1-13(7-15)4-5-16(8-13)12(18)10-3-2-9(14)6-11(10)17(19)20/h2-3,6H,4-5,7-8,15H2,1H3. The van der Waals surface area contributed by atoms with Gasteiger partial charge in [-0.15, -0.1) is 0 Å². The van der Waals surface area contributed by atoms with Gasteiger partial charge in [0, 0.05) is 13.1 Å². The minimum Gasteiger partial charge on any atom is -0.338 e. The Bertz CT molecular complexity index is 564. The maximum absolute atomic E-state index is 13.1. The molecule has 1 fully saturated rings. The van der Waals surface area contributed by atoms with Gasteiger partial charge in [-0.3, -0.25) is 14.9 Å². The first kappa shape index (κ1) is 14.4. The average Bonchev–Trinajstić information content (AvgIpc) is 2.81. The number of hydrogen-bond donors (Lipinski definition) is 1. The Kier molecular flexibility index (Phi) is 3.71. The summed E-state index contributed by atoms with van der Waals surface area (Å²) in [7, 11) is 0. The summed E-state index contributed by atoms with van der Waals surface area (Å²) in [4.78, 5) is 24.1. The lowest BCUT2D eigenvalue weighted by Crippen LogP contribution is -2.34. The normalized spacial score (nSPS) is 22.1. The summed E-state index contributed by atoms with van der Waals surface area (Å²) >= 11 is 0. The van der Waals surface area contributed by atoms with Crippen molar-refractivity contribution >= 4 is 11.6 Å². The van der Waals surface area contributed by atoms with Crippen LogP contribution in [-0.2, 0) is 0 Å². The lowest BCUT2D eigenvalue weighted by Gasteiger charge is -2.22. The highest BCUT2D eigenvalue weighted by Gasteiger charge is 2.36. The molecule has 2 rings (SSSR count). The third-order valence-corrected chi connectivity index (χ3v) is 3.72. The first-order chi connectivity index (χ1) is 9.36. The fraction of sp³-hybridized carbons (Fsp3) is 0.462. The number of carbonyl (C=O) groups excluding carboxylic acids is 1. The monoisotopic (exact) mass is 281 g/mol. The Morgan fingerprint density at radius 2 is 2.30 bits per heavy atom. The van der Waals surface area contributed by atoms with Crippen LogP contribution < -0.4 is 5.73 Å². The third kappa shape index (κ3) is 2.62. The highest BCUT2D eigenvalue weighted by molar-refractivity contribution is 5.98. The van der Waals surface area contributed by atoms with E-state index in [4.69, 9.17) is 5.73 Å². The predicted octanol–water partition coefficient (Wildman–Crippen LogP) is 1.54. The van der Waals surface area contributed by atoms with Crippen LogP contribution >= 0.6 is 0 Å². The summed E-state index contributed by atoms with van der Waals surface area (Å²) in [6.07, 6.45) is 0.754. The Morgan fingerprint density at radius 3 is 2.85 bits per heavy atom. The fourth-order valence-corrected chi connectivity index (χ4v) is 2.37. The number of nitrogens with zero attached hydrogens (tertiary/aromatic N) is 2. The maximum Gasteiger partial charge on any atom is 0.285 e. The second-order valence-electron chi connectivity index (χ2n) is 5.41. The number of nitro benzene ring substituents is 1. The minimum atomic E-state index is -0.742. The number of carbonyl (C=O) groups is 1. The van der Waals surface area contributed by atoms with Gasteiger partial charge in [0.25, 0.3) is 11.6 Å². The van der Waals surface area contributed by atoms with Gasteiger partial charge < -0.3 is 10.6 Å². The lowest BCUT2D eigenvalue weighted by molar-refractivity contribution is -0.385. The molecule has 0 bridgehead atoms. The second kappa shape index (κ2) is 5.16. The zero-order valence-electron chi connectivity index (χ0n) is 11.1. The summed E-state index contributed by atoms with van der Waals surface area (Å²) in [6.45, 7) is 3.37. The van der Waals surface area contributed by atoms with Crippen molar-refractivity contribution in [2.24, 2.45) is 11.1 Å². The molecule has 20 heavy (non-hydrogen) atoms. The van der Waals surface area contributed by atoms with E-state index in [0.29, 0.717) is 19.6 Å². The van der Waals surface area contributed by atoms with Crippen LogP contribution in [0.2, 0.25) is 0 Å². The van der Waals surface area contributed by atoms with E-state index in [2.05, 4.69) is 0 Å². The predicted molar refractivity (Wildman–Crippen MR) is 70.7 cm³/mol. The van der Waals surface area contributed by atoms with Gasteiger partial charge in [0.1, 0.15) is 11.4 Å². The zero-order chi connectivity index (χ0) is 14.9. The van der Waals surface area contributed by atoms with E-state index < -0.39 is 22.3 Å². The Labute approximate surface area is 115 Å². The quantitative estimate of drug-likeness (QED) is 0.672. The number of nitrogens with two attached hydrogens (primary N) is 1. The van der Waals surface area contributed by atoms with E-state index in [1.807, 2.05) is 6.92 Å². The first-order valence-corrected chi connectivity index (χ1v) is 6.29. The average molecular weight is 281 g/mol. The molecule has 1 atom stereocenters. The molecule has 1 aromatic rings. The van der Waals surface area contributed by atoms with Gasteiger partial charge in [-0.2, -0.15) is 0 Å². The molecule has 0 aromatic heterocycles. The van der Waals surface area contributed by atoms with E-state index >= 15 is 0 Å². The van der Waals surface area contributed by atoms with Gasteiger partial charge in [-0.1, -0.05) is 6.92 Å². The molecule has 0 aliphatic carbocycles. The van der Waals surface area contributed by atoms with Crippen molar-refractivity contribution in [3.8, 4) is 0 Å². The summed E-state index contributed by atoms with van der Waals surface area (Å²) < 4.78 is 13.1. The van der Waals surface area contributed by atoms with Crippen molar-refractivity contribution in [2.75, 3.05) is 19.6 Å². The van der Waals surface area contributed by atoms with E-state index in [-0.39, 0.29) is 11.0 Å². The SMILES string of the molecule is CC1(CN)CCN(C(=O)c2ccc(F)cc2[N+](=O)[O-])C1. The molecule has 1 heterocycles. The van der Waals surface area contributed by atoms with Crippen LogP contribution in [0, 0.1) is 21.3 Å². The summed E-state index contributed by atoms with van der Waals surface area (Å²) in [5, 5.41) is 10.9. The van der Waals surface area contributed by atoms with Gasteiger partial charge in [-0.25, -0.2) is 4.39 Å². The molecule has 0 saturated carbocycles. The maximum atomic E-state index is 13.1. The number of rotatable bonds is 3. The summed E-state index contributed by atoms with van der Waals surface area (Å²) in [6, 6.07) is 2.98. The number of amides is 1. The van der Waals surface area contributed by atoms with Crippen molar-refractivity contribution in [1.82, 2.24) is 4.90 Å². The van der Waals surface area contributed by atoms with E-state index in [0.717, 1.165) is 24.6 Å². The van der Waals surface area contributed by atoms with Crippen LogP contribution in [0.15, 0.2) is 18.2 Å². The lowest BCUT2D eigenvalue weighted by atomic mass is 9.90. The molecule has 7 heteroatoms. The molecular formula is C13H16FN3O3. The van der Waals surface area contributed by atoms with Crippen LogP contribution in [-0.4, -0.2) is 35.4 Å². The van der Waals surface area contributed by atoms with Gasteiger partial charge in [-0.05, 0) is 30.5 Å². The van der Waals surface area contributed by atoms with Crippen molar-refractivity contribution < 1.29 is 14.1 Å². The smallest absolute Gasteiger partial charge is 0.285 e. The van der Waals surface area contributed by atoms with Gasteiger partial charge in [0.15, 0.2) is 0 Å². The minimum absolute atomic E-state index is 0.0855. The largest absolute Gasteiger partial charge is 0.338 e. The third-order valence-electron chi connectivity index (χ3n) is 3.72. The molecule has 6 nitrogen and oxygen atoms in total. The Balaban J connectivity index is 2.29. The molecule has 1 aliphatic heterocycles. The van der Waals surface area contributed by atoms with E-state index in [9.17, 15) is 19.3 Å². The molecule has 1 aliphatic rings. The zero-order valence-corrected chi connectivity index (χ0v) is 11.1. The molecule has 2 N–H and O–H groups in total. The molecule has 1 amide bonds. The molecule has 1 saturated heterocycles. The molecule has 1 aromatic carbocycles. The molecular weight excluding hydrogens is 265 g/mol. The Hall–Kier alpha value is -2.02. The highest BCUT2D eigenvalue weighted by atomic mass is 19.1. The Morgan fingerprint density at radius 1 is 1.60 bits per heavy atom. The molecule has 1 unspecified atom stereocenters. The topological polar surface area (TPSA) is 89.5 Å². The van der Waals surface area contributed by atoms with Crippen molar-refractivity contribution in [2.45, 2.75) is 13.3 Å². The number of likely N-dealkylation sites (tertiary alicyclic amines) is 1. The summed E-state index contributed by atoms with van der Waals surface area (Å²) in [5.74, 6) is -1.18. The first-order valence-electron chi connectivity index (χ1n) is 6.29. The molecule has 108 valence electrons. The molecule has 0 spiro atoms. The van der Waals surface area contributed by atoms with Gasteiger partial charge in [0.05, 0.1) is 11.0 Å². The van der Waals surface area contributed by atoms with E-state index in [1.165, 1.54) is 4.90 Å². The number of hydrogen-bond acceptors (Lipinski definition) is 4. The number of nitro groups is 1. The second-order valence-corrected chi connectivity index (χ2v) is 5.41. The van der Waals surface area contributed by atoms with Gasteiger partial charge >= 0.3 is 0 Å². The highest BCUT2D eigenvalue weighted by Crippen LogP contribution is 2.31. The van der Waals surface area contributed by atoms with Crippen LogP contribution in [0.1, 0.15) is 23.7 Å². The summed E-state index contributed by atoms with van der Waals surface area (Å²) in [5.41, 5.74) is 4.92. The molecule has 0 radical (unpaired) electrons. The van der Waals surface area contributed by atoms with Crippen LogP contribution in [0.4, 0.5) is 10.1 Å². The number of halogens is 1. The van der Waals surface area contributed by atoms with Crippen LogP contribution in [0.5, 0.6) is 0 Å². The van der Waals surface area contributed by atoms with E-state index in [1.54, 1.807) is 0 Å². The van der Waals surface area contributed by atoms with Crippen molar-refractivity contribution in [1.29, 1.82) is 0 Å². The fourth-order valence-electron chi connectivity index (χ4n) is 2.37. The van der Waals surface area contributed by atoms with Crippen molar-refractivity contribution in [3.05, 3.63) is 39.7 Å². The van der Waals surface area contributed by atoms with Gasteiger partial charge in [0.2, 0.25) is 0 Å².